The van der Waals surface area contributed by atoms with E-state index in [4.69, 9.17) is 23.7 Å². The molecule has 3 amide bonds. The Morgan fingerprint density at radius 2 is 1.64 bits per heavy atom. The highest BCUT2D eigenvalue weighted by atomic mass is 32.1. The summed E-state index contributed by atoms with van der Waals surface area (Å²) in [5.74, 6) is -3.59. The van der Waals surface area contributed by atoms with E-state index in [2.05, 4.69) is 20.9 Å². The SMILES string of the molecule is CCC1CC(C(=O)NCCNC(=O)c2nc(C)cs2)C[C@@H](O[C@@H]2O[C@@H](CO)[C@H](O)C(O[C@@H](CC3CCCCC3)C(=O)O)C2NC(C)=O)C1OC1O[C@@H](C)C(O)[C@H](O)[C@@H]1O. The minimum absolute atomic E-state index is 0.00868. The standard InChI is InChI=1S/C39H62N4O15S/c1-5-22-14-23(34(50)40-11-12-41-35(51)36-42-18(2)17-59-36)15-24(32(22)58-39-31(49)30(48)28(46)19(3)54-39)56-38-27(43-20(4)45)33(29(47)26(16-44)57-38)55-25(37(52)53)13-21-9-7-6-8-10-21/h17,19,21-33,38-39,44,46-49H,5-16H2,1-4H3,(H,40,50)(H,41,51)(H,43,45)(H,52,53)/t19-,22?,23?,24+,25-,26-,27?,28?,29-,30-,31-,32?,33?,38+,39?/m0/s1. The number of aryl methyl sites for hydroxylation is 1. The molecule has 1 aromatic rings. The van der Waals surface area contributed by atoms with Crippen molar-refractivity contribution in [2.24, 2.45) is 17.8 Å². The van der Waals surface area contributed by atoms with Gasteiger partial charge in [0, 0.05) is 37.0 Å². The number of aliphatic hydroxyl groups is 5. The van der Waals surface area contributed by atoms with Crippen molar-refractivity contribution < 1.29 is 73.5 Å². The zero-order valence-corrected chi connectivity index (χ0v) is 34.8. The lowest BCUT2D eigenvalue weighted by Crippen LogP contribution is -2.67. The maximum absolute atomic E-state index is 13.8. The number of thiazole rings is 1. The van der Waals surface area contributed by atoms with Crippen LogP contribution in [0.4, 0.5) is 0 Å². The molecular formula is C39H62N4O15S. The molecule has 20 heteroatoms. The van der Waals surface area contributed by atoms with Crippen LogP contribution in [-0.2, 0) is 38.1 Å². The fourth-order valence-corrected chi connectivity index (χ4v) is 9.33. The number of rotatable bonds is 17. The van der Waals surface area contributed by atoms with Crippen molar-refractivity contribution in [3.63, 3.8) is 0 Å². The van der Waals surface area contributed by atoms with E-state index in [1.54, 1.807) is 12.3 Å². The van der Waals surface area contributed by atoms with Gasteiger partial charge in [-0.25, -0.2) is 9.78 Å². The van der Waals surface area contributed by atoms with E-state index in [1.165, 1.54) is 25.2 Å². The highest BCUT2D eigenvalue weighted by Crippen LogP contribution is 2.40. The second kappa shape index (κ2) is 21.8. The molecule has 334 valence electrons. The van der Waals surface area contributed by atoms with E-state index in [0.29, 0.717) is 11.4 Å². The molecular weight excluding hydrogens is 797 g/mol. The molecule has 0 radical (unpaired) electrons. The van der Waals surface area contributed by atoms with E-state index in [1.807, 2.05) is 6.92 Å². The Labute approximate surface area is 347 Å². The number of carbonyl (C=O) groups excluding carboxylic acids is 3. The molecule has 0 aromatic carbocycles. The van der Waals surface area contributed by atoms with Crippen molar-refractivity contribution in [1.29, 1.82) is 0 Å². The predicted molar refractivity (Wildman–Crippen MR) is 208 cm³/mol. The summed E-state index contributed by atoms with van der Waals surface area (Å²) < 4.78 is 31.0. The smallest absolute Gasteiger partial charge is 0.332 e. The molecule has 7 unspecified atom stereocenters. The van der Waals surface area contributed by atoms with E-state index in [-0.39, 0.29) is 50.1 Å². The molecule has 59 heavy (non-hydrogen) atoms. The highest BCUT2D eigenvalue weighted by molar-refractivity contribution is 7.11. The van der Waals surface area contributed by atoms with Gasteiger partial charge in [-0.3, -0.25) is 14.4 Å². The summed E-state index contributed by atoms with van der Waals surface area (Å²) in [4.78, 5) is 55.7. The fourth-order valence-electron chi connectivity index (χ4n) is 8.62. The lowest BCUT2D eigenvalue weighted by atomic mass is 9.75. The zero-order valence-electron chi connectivity index (χ0n) is 34.0. The number of aliphatic hydroxyl groups excluding tert-OH is 5. The second-order valence-electron chi connectivity index (χ2n) is 16.2. The molecule has 15 atom stereocenters. The molecule has 1 aromatic heterocycles. The Morgan fingerprint density at radius 1 is 0.932 bits per heavy atom. The van der Waals surface area contributed by atoms with Gasteiger partial charge in [-0.2, -0.15) is 0 Å². The summed E-state index contributed by atoms with van der Waals surface area (Å²) in [5.41, 5.74) is 0.718. The van der Waals surface area contributed by atoms with Crippen molar-refractivity contribution in [3.05, 3.63) is 16.1 Å². The van der Waals surface area contributed by atoms with Gasteiger partial charge in [0.1, 0.15) is 42.7 Å². The summed E-state index contributed by atoms with van der Waals surface area (Å²) in [6.07, 6.45) is -10.7. The Balaban J connectivity index is 1.39. The van der Waals surface area contributed by atoms with Gasteiger partial charge in [-0.1, -0.05) is 45.4 Å². The first-order chi connectivity index (χ1) is 28.1. The van der Waals surface area contributed by atoms with Gasteiger partial charge in [0.2, 0.25) is 11.8 Å². The molecule has 3 heterocycles. The first-order valence-electron chi connectivity index (χ1n) is 20.7. The summed E-state index contributed by atoms with van der Waals surface area (Å²) in [6, 6.07) is -1.31. The van der Waals surface area contributed by atoms with E-state index >= 15 is 0 Å². The van der Waals surface area contributed by atoms with Crippen molar-refractivity contribution in [2.45, 2.75) is 165 Å². The molecule has 19 nitrogen and oxygen atoms in total. The van der Waals surface area contributed by atoms with Crippen molar-refractivity contribution in [1.82, 2.24) is 20.9 Å². The van der Waals surface area contributed by atoms with Crippen molar-refractivity contribution in [3.8, 4) is 0 Å². The number of carboxylic acid groups (broad SMARTS) is 1. The number of carbonyl (C=O) groups is 4. The van der Waals surface area contributed by atoms with Crippen LogP contribution in [0.5, 0.6) is 0 Å². The summed E-state index contributed by atoms with van der Waals surface area (Å²) in [5, 5.41) is 74.2. The van der Waals surface area contributed by atoms with Gasteiger partial charge < -0.3 is 70.3 Å². The van der Waals surface area contributed by atoms with Crippen LogP contribution < -0.4 is 16.0 Å². The maximum Gasteiger partial charge on any atom is 0.332 e. The molecule has 2 aliphatic heterocycles. The van der Waals surface area contributed by atoms with Gasteiger partial charge in [-0.05, 0) is 44.9 Å². The minimum atomic E-state index is -1.66. The molecule has 2 aliphatic carbocycles. The van der Waals surface area contributed by atoms with Gasteiger partial charge in [0.15, 0.2) is 23.7 Å². The summed E-state index contributed by atoms with van der Waals surface area (Å²) >= 11 is 1.21. The molecule has 9 N–H and O–H groups in total. The first-order valence-corrected chi connectivity index (χ1v) is 21.6. The third-order valence-electron chi connectivity index (χ3n) is 11.9. The van der Waals surface area contributed by atoms with Crippen LogP contribution in [0.25, 0.3) is 0 Å². The topological polar surface area (TPSA) is 285 Å². The number of amides is 3. The Hall–Kier alpha value is -2.89. The van der Waals surface area contributed by atoms with Crippen LogP contribution >= 0.6 is 11.3 Å². The van der Waals surface area contributed by atoms with Gasteiger partial charge >= 0.3 is 5.97 Å². The molecule has 4 aliphatic rings. The largest absolute Gasteiger partial charge is 0.479 e. The highest BCUT2D eigenvalue weighted by Gasteiger charge is 2.53. The molecule has 5 rings (SSSR count). The number of aromatic nitrogens is 1. The molecule has 2 saturated heterocycles. The number of ether oxygens (including phenoxy) is 5. The maximum atomic E-state index is 13.8. The van der Waals surface area contributed by atoms with Crippen molar-refractivity contribution >= 4 is 35.0 Å². The average Bonchev–Trinajstić information content (AvgIpc) is 3.66. The second-order valence-corrected chi connectivity index (χ2v) is 17.1. The number of hydrogen-bond acceptors (Lipinski definition) is 16. The Kier molecular flexibility index (Phi) is 17.4. The van der Waals surface area contributed by atoms with E-state index < -0.39 is 110 Å². The first kappa shape index (κ1) is 47.2. The monoisotopic (exact) mass is 858 g/mol. The minimum Gasteiger partial charge on any atom is -0.479 e. The van der Waals surface area contributed by atoms with E-state index in [9.17, 15) is 49.8 Å². The van der Waals surface area contributed by atoms with Crippen LogP contribution in [0.1, 0.15) is 94.1 Å². The van der Waals surface area contributed by atoms with E-state index in [0.717, 1.165) is 37.8 Å². The quantitative estimate of drug-likeness (QED) is 0.0912. The number of hydrogen-bond donors (Lipinski definition) is 9. The van der Waals surface area contributed by atoms with Crippen LogP contribution in [-0.4, -0.2) is 159 Å². The Morgan fingerprint density at radius 3 is 2.27 bits per heavy atom. The summed E-state index contributed by atoms with van der Waals surface area (Å²) in [7, 11) is 0. The molecule has 0 spiro atoms. The third kappa shape index (κ3) is 12.2. The van der Waals surface area contributed by atoms with Crippen molar-refractivity contribution in [2.75, 3.05) is 19.7 Å². The van der Waals surface area contributed by atoms with Crippen LogP contribution in [0.3, 0.4) is 0 Å². The lowest BCUT2D eigenvalue weighted by molar-refractivity contribution is -0.338. The Bertz CT molecular complexity index is 1550. The number of carboxylic acids is 1. The van der Waals surface area contributed by atoms with Gasteiger partial charge in [0.25, 0.3) is 5.91 Å². The fraction of sp³-hybridized carbons (Fsp3) is 0.821. The van der Waals surface area contributed by atoms with Gasteiger partial charge in [0.05, 0.1) is 24.9 Å². The number of aliphatic carboxylic acids is 1. The molecule has 2 saturated carbocycles. The van der Waals surface area contributed by atoms with Crippen LogP contribution in [0.15, 0.2) is 5.38 Å². The van der Waals surface area contributed by atoms with Gasteiger partial charge in [-0.15, -0.1) is 11.3 Å². The molecule has 4 fully saturated rings. The summed E-state index contributed by atoms with van der Waals surface area (Å²) in [6.45, 7) is 5.88. The lowest BCUT2D eigenvalue weighted by Gasteiger charge is -2.49. The average molecular weight is 859 g/mol. The molecule has 0 bridgehead atoms. The normalized spacial score (nSPS) is 36.0. The zero-order chi connectivity index (χ0) is 43.0. The number of nitrogens with one attached hydrogen (secondary N) is 3. The predicted octanol–water partition coefficient (Wildman–Crippen LogP) is -0.277. The van der Waals surface area contributed by atoms with Crippen LogP contribution in [0.2, 0.25) is 0 Å². The third-order valence-corrected chi connectivity index (χ3v) is 12.8. The van der Waals surface area contributed by atoms with Crippen LogP contribution in [0, 0.1) is 24.7 Å². The number of nitrogens with zero attached hydrogens (tertiary/aromatic N) is 1.